The first-order valence-corrected chi connectivity index (χ1v) is 14.9. The predicted octanol–water partition coefficient (Wildman–Crippen LogP) is 6.52. The van der Waals surface area contributed by atoms with Crippen LogP contribution in [0.25, 0.3) is 11.1 Å². The monoisotopic (exact) mass is 533 g/mol. The van der Waals surface area contributed by atoms with Gasteiger partial charge < -0.3 is 15.5 Å². The maximum absolute atomic E-state index is 12.6. The largest absolute Gasteiger partial charge is 0.356 e. The Kier molecular flexibility index (Phi) is 12.0. The molecule has 6 nitrogen and oxygen atoms in total. The fourth-order valence-electron chi connectivity index (χ4n) is 5.21. The van der Waals surface area contributed by atoms with E-state index in [0.29, 0.717) is 24.6 Å². The lowest BCUT2D eigenvalue weighted by atomic mass is 9.93. The summed E-state index contributed by atoms with van der Waals surface area (Å²) in [6.45, 7) is 10.3. The molecule has 3 rings (SSSR count). The molecule has 0 bridgehead atoms. The van der Waals surface area contributed by atoms with Gasteiger partial charge in [0.25, 0.3) is 5.91 Å². The van der Waals surface area contributed by atoms with E-state index in [1.165, 1.54) is 5.56 Å². The Labute approximate surface area is 234 Å². The van der Waals surface area contributed by atoms with Crippen LogP contribution in [-0.4, -0.2) is 37.4 Å². The highest BCUT2D eigenvalue weighted by atomic mass is 16.2. The lowest BCUT2D eigenvalue weighted by Gasteiger charge is -2.29. The van der Waals surface area contributed by atoms with E-state index < -0.39 is 0 Å². The summed E-state index contributed by atoms with van der Waals surface area (Å²) in [7, 11) is 0. The van der Waals surface area contributed by atoms with Crippen molar-refractivity contribution < 1.29 is 14.4 Å². The third kappa shape index (κ3) is 8.94. The summed E-state index contributed by atoms with van der Waals surface area (Å²) in [5, 5.41) is 6.11. The molecule has 1 aliphatic heterocycles. The van der Waals surface area contributed by atoms with Gasteiger partial charge in [0.15, 0.2) is 0 Å². The molecule has 2 aromatic carbocycles. The number of benzene rings is 2. The van der Waals surface area contributed by atoms with Gasteiger partial charge in [0.1, 0.15) is 0 Å². The zero-order valence-electron chi connectivity index (χ0n) is 24.4. The smallest absolute Gasteiger partial charge is 0.251 e. The van der Waals surface area contributed by atoms with Crippen molar-refractivity contribution in [3.63, 3.8) is 0 Å². The van der Waals surface area contributed by atoms with Crippen molar-refractivity contribution in [3.05, 3.63) is 53.6 Å². The molecule has 0 radical (unpaired) electrons. The van der Waals surface area contributed by atoms with E-state index >= 15 is 0 Å². The number of carbonyl (C=O) groups is 3. The van der Waals surface area contributed by atoms with Crippen molar-refractivity contribution in [1.29, 1.82) is 0 Å². The molecule has 0 saturated heterocycles. The first-order chi connectivity index (χ1) is 18.8. The number of nitrogens with one attached hydrogen (secondary N) is 2. The minimum Gasteiger partial charge on any atom is -0.356 e. The van der Waals surface area contributed by atoms with E-state index in [1.54, 1.807) is 6.92 Å². The van der Waals surface area contributed by atoms with Gasteiger partial charge >= 0.3 is 0 Å². The van der Waals surface area contributed by atoms with E-state index in [0.717, 1.165) is 81.1 Å². The highest BCUT2D eigenvalue weighted by Crippen LogP contribution is 2.32. The summed E-state index contributed by atoms with van der Waals surface area (Å²) in [5.74, 6) is 0.999. The van der Waals surface area contributed by atoms with Gasteiger partial charge in [-0.25, -0.2) is 0 Å². The average molecular weight is 534 g/mol. The number of rotatable bonds is 14. The van der Waals surface area contributed by atoms with Crippen LogP contribution in [0.3, 0.4) is 0 Å². The van der Waals surface area contributed by atoms with Gasteiger partial charge in [0, 0.05) is 43.7 Å². The lowest BCUT2D eigenvalue weighted by molar-refractivity contribution is -0.125. The Bertz CT molecular complexity index is 1100. The molecule has 39 heavy (non-hydrogen) atoms. The van der Waals surface area contributed by atoms with Crippen LogP contribution in [0.4, 0.5) is 5.69 Å². The van der Waals surface area contributed by atoms with Crippen LogP contribution in [-0.2, 0) is 16.0 Å². The van der Waals surface area contributed by atoms with Crippen LogP contribution >= 0.6 is 0 Å². The topological polar surface area (TPSA) is 78.5 Å². The van der Waals surface area contributed by atoms with Crippen LogP contribution in [0.2, 0.25) is 0 Å². The number of amides is 3. The first kappa shape index (κ1) is 30.4. The number of carbonyl (C=O) groups excluding carboxylic acids is 3. The molecule has 0 aromatic heterocycles. The quantitative estimate of drug-likeness (QED) is 0.271. The second kappa shape index (κ2) is 15.4. The molecule has 0 spiro atoms. The van der Waals surface area contributed by atoms with Crippen LogP contribution in [0.5, 0.6) is 0 Å². The van der Waals surface area contributed by atoms with Crippen molar-refractivity contribution in [1.82, 2.24) is 10.6 Å². The lowest BCUT2D eigenvalue weighted by Crippen LogP contribution is -2.33. The van der Waals surface area contributed by atoms with Gasteiger partial charge in [0.05, 0.1) is 0 Å². The molecule has 1 heterocycles. The second-order valence-electron chi connectivity index (χ2n) is 11.0. The molecule has 0 fully saturated rings. The SMILES string of the molecule is CCC(C)CCC(CC)C(=O)NCCCCCNC(=O)c1ccc(-c2ccc3c(c2)CCCN3C(C)=O)cc1. The van der Waals surface area contributed by atoms with Crippen molar-refractivity contribution >= 4 is 23.4 Å². The number of aryl methyl sites for hydroxylation is 1. The fourth-order valence-corrected chi connectivity index (χ4v) is 5.21. The molecule has 2 atom stereocenters. The molecule has 3 amide bonds. The van der Waals surface area contributed by atoms with Crippen LogP contribution in [0, 0.1) is 11.8 Å². The molecular weight excluding hydrogens is 486 g/mol. The summed E-state index contributed by atoms with van der Waals surface area (Å²) in [5.41, 5.74) is 5.01. The van der Waals surface area contributed by atoms with Crippen LogP contribution < -0.4 is 15.5 Å². The molecule has 2 N–H and O–H groups in total. The van der Waals surface area contributed by atoms with Crippen molar-refractivity contribution in [2.45, 2.75) is 85.5 Å². The minimum absolute atomic E-state index is 0.0653. The first-order valence-electron chi connectivity index (χ1n) is 14.9. The summed E-state index contributed by atoms with van der Waals surface area (Å²) in [6.07, 6.45) is 8.85. The third-order valence-corrected chi connectivity index (χ3v) is 8.07. The maximum Gasteiger partial charge on any atom is 0.251 e. The van der Waals surface area contributed by atoms with Crippen molar-refractivity contribution in [2.24, 2.45) is 11.8 Å². The van der Waals surface area contributed by atoms with E-state index in [9.17, 15) is 14.4 Å². The van der Waals surface area contributed by atoms with Gasteiger partial charge in [-0.15, -0.1) is 0 Å². The second-order valence-corrected chi connectivity index (χ2v) is 11.0. The minimum atomic E-state index is -0.0653. The molecule has 2 aromatic rings. The Hall–Kier alpha value is -3.15. The van der Waals surface area contributed by atoms with Gasteiger partial charge in [0.2, 0.25) is 11.8 Å². The number of unbranched alkanes of at least 4 members (excludes halogenated alkanes) is 2. The number of hydrogen-bond acceptors (Lipinski definition) is 3. The van der Waals surface area contributed by atoms with E-state index in [2.05, 4.69) is 37.5 Å². The molecule has 2 unspecified atom stereocenters. The maximum atomic E-state index is 12.6. The summed E-state index contributed by atoms with van der Waals surface area (Å²) < 4.78 is 0. The third-order valence-electron chi connectivity index (χ3n) is 8.07. The van der Waals surface area contributed by atoms with Crippen molar-refractivity contribution in [3.8, 4) is 11.1 Å². The summed E-state index contributed by atoms with van der Waals surface area (Å²) in [6, 6.07) is 14.0. The highest BCUT2D eigenvalue weighted by molar-refractivity contribution is 5.95. The molecule has 6 heteroatoms. The van der Waals surface area contributed by atoms with Gasteiger partial charge in [-0.2, -0.15) is 0 Å². The zero-order valence-corrected chi connectivity index (χ0v) is 24.4. The number of anilines is 1. The van der Waals surface area contributed by atoms with Crippen LogP contribution in [0.15, 0.2) is 42.5 Å². The zero-order chi connectivity index (χ0) is 28.2. The van der Waals surface area contributed by atoms with Gasteiger partial charge in [-0.3, -0.25) is 14.4 Å². The van der Waals surface area contributed by atoms with E-state index in [4.69, 9.17) is 0 Å². The average Bonchev–Trinajstić information content (AvgIpc) is 2.96. The van der Waals surface area contributed by atoms with E-state index in [-0.39, 0.29) is 23.6 Å². The number of hydrogen-bond donors (Lipinski definition) is 2. The Balaban J connectivity index is 1.37. The molecular formula is C33H47N3O3. The normalized spacial score (nSPS) is 14.3. The Morgan fingerprint density at radius 3 is 2.23 bits per heavy atom. The molecule has 1 aliphatic rings. The molecule has 0 saturated carbocycles. The van der Waals surface area contributed by atoms with Gasteiger partial charge in [-0.05, 0) is 98.2 Å². The summed E-state index contributed by atoms with van der Waals surface area (Å²) >= 11 is 0. The summed E-state index contributed by atoms with van der Waals surface area (Å²) in [4.78, 5) is 38.8. The predicted molar refractivity (Wildman–Crippen MR) is 160 cm³/mol. The standard InChI is InChI=1S/C33H47N3O3/c1-5-24(3)12-13-26(6-2)32(38)34-20-8-7-9-21-35-33(39)28-16-14-27(15-17-28)29-18-19-31-30(23-29)11-10-22-36(31)25(4)37/h14-19,23-24,26H,5-13,20-22H2,1-4H3,(H,34,38)(H,35,39). The van der Waals surface area contributed by atoms with Crippen molar-refractivity contribution in [2.75, 3.05) is 24.5 Å². The molecule has 212 valence electrons. The Morgan fingerprint density at radius 2 is 1.56 bits per heavy atom. The Morgan fingerprint density at radius 1 is 0.872 bits per heavy atom. The van der Waals surface area contributed by atoms with Crippen LogP contribution in [0.1, 0.15) is 95.0 Å². The number of fused-ring (bicyclic) bond motifs is 1. The van der Waals surface area contributed by atoms with E-state index in [1.807, 2.05) is 41.3 Å². The molecule has 0 aliphatic carbocycles. The highest BCUT2D eigenvalue weighted by Gasteiger charge is 2.20. The number of nitrogens with zero attached hydrogens (tertiary/aromatic N) is 1. The van der Waals surface area contributed by atoms with Gasteiger partial charge in [-0.1, -0.05) is 45.4 Å². The fraction of sp³-hybridized carbons (Fsp3) is 0.545.